The molecule has 0 heterocycles. The van der Waals surface area contributed by atoms with E-state index in [-0.39, 0.29) is 0 Å². The summed E-state index contributed by atoms with van der Waals surface area (Å²) in [7, 11) is 0. The zero-order chi connectivity index (χ0) is 16.8. The third kappa shape index (κ3) is 8.71. The molecule has 0 aromatic rings. The molecule has 0 aliphatic heterocycles. The first kappa shape index (κ1) is 20.5. The summed E-state index contributed by atoms with van der Waals surface area (Å²) >= 11 is 0. The number of hydrogen-bond donors (Lipinski definition) is 1. The van der Waals surface area contributed by atoms with Gasteiger partial charge < -0.3 is 5.32 Å². The van der Waals surface area contributed by atoms with Gasteiger partial charge in [0.25, 0.3) is 0 Å². The lowest BCUT2D eigenvalue weighted by molar-refractivity contribution is 0.662. The minimum Gasteiger partial charge on any atom is -0.365 e. The fourth-order valence-corrected chi connectivity index (χ4v) is 2.22. The SMILES string of the molecule is C=CCCC/C=C(/C=C/C(C)/C(=C/C)N/C=C\C)C(C)CC. The van der Waals surface area contributed by atoms with Crippen molar-refractivity contribution >= 4 is 0 Å². The second kappa shape index (κ2) is 13.2. The molecule has 0 saturated heterocycles. The van der Waals surface area contributed by atoms with Crippen LogP contribution in [0.1, 0.15) is 60.3 Å². The molecule has 1 N–H and O–H groups in total. The Morgan fingerprint density at radius 1 is 1.18 bits per heavy atom. The Bertz CT molecular complexity index is 410. The summed E-state index contributed by atoms with van der Waals surface area (Å²) in [6.07, 6.45) is 19.8. The molecule has 0 aliphatic carbocycles. The van der Waals surface area contributed by atoms with Crippen molar-refractivity contribution in [1.82, 2.24) is 5.32 Å². The van der Waals surface area contributed by atoms with Gasteiger partial charge in [0, 0.05) is 11.6 Å². The van der Waals surface area contributed by atoms with Crippen molar-refractivity contribution in [2.45, 2.75) is 60.3 Å². The Labute approximate surface area is 138 Å². The smallest absolute Gasteiger partial charge is 0.0170 e. The standard InChI is InChI=1S/C21H35N/c1-7-11-12-13-14-20(18(5)9-3)16-15-19(6)21(10-4)22-17-8-2/h7-8,10,14-19,22H,1,9,11-13H2,2-6H3/b16-15+,17-8-,20-14-,21-10-. The monoisotopic (exact) mass is 301 g/mol. The van der Waals surface area contributed by atoms with E-state index in [4.69, 9.17) is 0 Å². The zero-order valence-corrected chi connectivity index (χ0v) is 15.2. The molecule has 2 atom stereocenters. The van der Waals surface area contributed by atoms with Gasteiger partial charge in [-0.25, -0.2) is 0 Å². The maximum absolute atomic E-state index is 3.79. The molecule has 0 aromatic carbocycles. The van der Waals surface area contributed by atoms with Crippen LogP contribution in [-0.2, 0) is 0 Å². The summed E-state index contributed by atoms with van der Waals surface area (Å²) in [5.41, 5.74) is 2.70. The summed E-state index contributed by atoms with van der Waals surface area (Å²) in [4.78, 5) is 0. The minimum absolute atomic E-state index is 0.391. The molecule has 1 heteroatoms. The minimum atomic E-state index is 0.391. The molecular formula is C21H35N. The predicted octanol–water partition coefficient (Wildman–Crippen LogP) is 6.53. The van der Waals surface area contributed by atoms with Crippen molar-refractivity contribution in [3.8, 4) is 0 Å². The number of hydrogen-bond acceptors (Lipinski definition) is 1. The molecule has 0 amide bonds. The van der Waals surface area contributed by atoms with Crippen LogP contribution in [0.2, 0.25) is 0 Å². The van der Waals surface area contributed by atoms with Gasteiger partial charge in [-0.05, 0) is 57.2 Å². The van der Waals surface area contributed by atoms with E-state index < -0.39 is 0 Å². The lowest BCUT2D eigenvalue weighted by Gasteiger charge is -2.14. The zero-order valence-electron chi connectivity index (χ0n) is 15.2. The first-order valence-corrected chi connectivity index (χ1v) is 8.63. The van der Waals surface area contributed by atoms with Crippen molar-refractivity contribution in [2.75, 3.05) is 0 Å². The van der Waals surface area contributed by atoms with Gasteiger partial charge in [-0.2, -0.15) is 0 Å². The molecule has 124 valence electrons. The van der Waals surface area contributed by atoms with Crippen LogP contribution in [0.25, 0.3) is 0 Å². The van der Waals surface area contributed by atoms with Crippen molar-refractivity contribution in [3.63, 3.8) is 0 Å². The van der Waals surface area contributed by atoms with Gasteiger partial charge in [-0.1, -0.05) is 57.2 Å². The van der Waals surface area contributed by atoms with Crippen LogP contribution >= 0.6 is 0 Å². The Hall–Kier alpha value is -1.50. The highest BCUT2D eigenvalue weighted by molar-refractivity contribution is 5.24. The lowest BCUT2D eigenvalue weighted by Crippen LogP contribution is -2.11. The van der Waals surface area contributed by atoms with Crippen molar-refractivity contribution in [1.29, 1.82) is 0 Å². The van der Waals surface area contributed by atoms with Gasteiger partial charge in [0.2, 0.25) is 0 Å². The Morgan fingerprint density at radius 3 is 2.45 bits per heavy atom. The van der Waals surface area contributed by atoms with Crippen molar-refractivity contribution in [3.05, 3.63) is 60.5 Å². The molecule has 0 radical (unpaired) electrons. The van der Waals surface area contributed by atoms with E-state index in [0.717, 1.165) is 12.8 Å². The molecule has 0 aromatic heterocycles. The maximum Gasteiger partial charge on any atom is 0.0170 e. The normalized spacial score (nSPS) is 16.2. The van der Waals surface area contributed by atoms with Crippen LogP contribution in [0.5, 0.6) is 0 Å². The van der Waals surface area contributed by atoms with E-state index in [1.165, 1.54) is 24.1 Å². The highest BCUT2D eigenvalue weighted by Crippen LogP contribution is 2.19. The van der Waals surface area contributed by atoms with Gasteiger partial charge in [0.1, 0.15) is 0 Å². The van der Waals surface area contributed by atoms with E-state index in [9.17, 15) is 0 Å². The highest BCUT2D eigenvalue weighted by atomic mass is 14.9. The molecule has 0 spiro atoms. The molecule has 1 nitrogen and oxygen atoms in total. The van der Waals surface area contributed by atoms with Crippen LogP contribution in [-0.4, -0.2) is 0 Å². The maximum atomic E-state index is 3.79. The molecule has 0 saturated carbocycles. The summed E-state index contributed by atoms with van der Waals surface area (Å²) in [6.45, 7) is 14.7. The molecular weight excluding hydrogens is 266 g/mol. The third-order valence-corrected chi connectivity index (χ3v) is 3.97. The van der Waals surface area contributed by atoms with E-state index in [1.807, 2.05) is 25.3 Å². The van der Waals surface area contributed by atoms with Crippen molar-refractivity contribution < 1.29 is 0 Å². The average Bonchev–Trinajstić information content (AvgIpc) is 2.54. The quantitative estimate of drug-likeness (QED) is 0.260. The summed E-state index contributed by atoms with van der Waals surface area (Å²) < 4.78 is 0. The van der Waals surface area contributed by atoms with Crippen LogP contribution < -0.4 is 5.32 Å². The molecule has 0 fully saturated rings. The summed E-state index contributed by atoms with van der Waals surface area (Å²) in [5, 5.41) is 3.34. The molecule has 22 heavy (non-hydrogen) atoms. The predicted molar refractivity (Wildman–Crippen MR) is 102 cm³/mol. The Kier molecular flexibility index (Phi) is 12.3. The van der Waals surface area contributed by atoms with Gasteiger partial charge in [0.05, 0.1) is 0 Å². The molecule has 2 unspecified atom stereocenters. The third-order valence-electron chi connectivity index (χ3n) is 3.97. The van der Waals surface area contributed by atoms with Crippen LogP contribution in [0.3, 0.4) is 0 Å². The first-order chi connectivity index (χ1) is 10.6. The largest absolute Gasteiger partial charge is 0.365 e. The summed E-state index contributed by atoms with van der Waals surface area (Å²) in [6, 6.07) is 0. The van der Waals surface area contributed by atoms with Gasteiger partial charge in [-0.3, -0.25) is 0 Å². The Balaban J connectivity index is 4.85. The summed E-state index contributed by atoms with van der Waals surface area (Å²) in [5.74, 6) is 1.01. The van der Waals surface area contributed by atoms with Gasteiger partial charge in [-0.15, -0.1) is 6.58 Å². The number of rotatable bonds is 11. The van der Waals surface area contributed by atoms with E-state index in [0.29, 0.717) is 11.8 Å². The van der Waals surface area contributed by atoms with Crippen molar-refractivity contribution in [2.24, 2.45) is 11.8 Å². The van der Waals surface area contributed by atoms with Crippen LogP contribution in [0, 0.1) is 11.8 Å². The van der Waals surface area contributed by atoms with Gasteiger partial charge >= 0.3 is 0 Å². The first-order valence-electron chi connectivity index (χ1n) is 8.63. The topological polar surface area (TPSA) is 12.0 Å². The van der Waals surface area contributed by atoms with Crippen LogP contribution in [0.15, 0.2) is 60.5 Å². The number of allylic oxidation sites excluding steroid dienone is 7. The molecule has 0 bridgehead atoms. The van der Waals surface area contributed by atoms with E-state index >= 15 is 0 Å². The second-order valence-corrected chi connectivity index (χ2v) is 5.77. The number of unbranched alkanes of at least 4 members (excludes halogenated alkanes) is 2. The van der Waals surface area contributed by atoms with E-state index in [1.54, 1.807) is 0 Å². The van der Waals surface area contributed by atoms with Gasteiger partial charge in [0.15, 0.2) is 0 Å². The molecule has 0 aliphatic rings. The fourth-order valence-electron chi connectivity index (χ4n) is 2.22. The highest BCUT2D eigenvalue weighted by Gasteiger charge is 2.06. The van der Waals surface area contributed by atoms with Crippen LogP contribution in [0.4, 0.5) is 0 Å². The Morgan fingerprint density at radius 2 is 1.91 bits per heavy atom. The lowest BCUT2D eigenvalue weighted by atomic mass is 9.94. The van der Waals surface area contributed by atoms with E-state index in [2.05, 4.69) is 63.9 Å². The molecule has 0 rings (SSSR count). The number of nitrogens with one attached hydrogen (secondary N) is 1. The fraction of sp³-hybridized carbons (Fsp3) is 0.524. The average molecular weight is 302 g/mol. The second-order valence-electron chi connectivity index (χ2n) is 5.77.